The van der Waals surface area contributed by atoms with Crippen LogP contribution in [0.25, 0.3) is 5.57 Å². The molecule has 0 bridgehead atoms. The van der Waals surface area contributed by atoms with E-state index in [0.29, 0.717) is 49.2 Å². The molecule has 7 nitrogen and oxygen atoms in total. The second kappa shape index (κ2) is 9.40. The number of carbonyl (C=O) groups excluding carboxylic acids is 1. The van der Waals surface area contributed by atoms with E-state index in [4.69, 9.17) is 0 Å². The highest BCUT2D eigenvalue weighted by atomic mass is 19.3. The normalized spacial score (nSPS) is 19.2. The van der Waals surface area contributed by atoms with E-state index in [1.165, 1.54) is 6.07 Å². The number of piperazine rings is 1. The van der Waals surface area contributed by atoms with Gasteiger partial charge in [0.15, 0.2) is 0 Å². The van der Waals surface area contributed by atoms with Gasteiger partial charge in [-0.25, -0.2) is 13.2 Å². The first-order chi connectivity index (χ1) is 15.7. The van der Waals surface area contributed by atoms with Crippen molar-refractivity contribution in [3.63, 3.8) is 0 Å². The van der Waals surface area contributed by atoms with Crippen molar-refractivity contribution in [1.29, 1.82) is 0 Å². The zero-order valence-corrected chi connectivity index (χ0v) is 18.4. The van der Waals surface area contributed by atoms with Gasteiger partial charge in [0.1, 0.15) is 5.82 Å². The molecule has 33 heavy (non-hydrogen) atoms. The molecule has 0 spiro atoms. The highest BCUT2D eigenvalue weighted by Gasteiger charge is 2.26. The second-order valence-electron chi connectivity index (χ2n) is 8.41. The molecule has 2 aliphatic rings. The first-order valence-electron chi connectivity index (χ1n) is 10.8. The SMILES string of the molecule is CC1CN(c2cc(F)c(C3=CCNC3)cc2NC(=O)c2c[nH]c(=O)cc2C(F)F)CCN1C. The number of benzene rings is 1. The number of hydrogen-bond acceptors (Lipinski definition) is 5. The Kier molecular flexibility index (Phi) is 6.57. The molecule has 4 rings (SSSR count). The van der Waals surface area contributed by atoms with Gasteiger partial charge in [0.25, 0.3) is 12.3 Å². The molecule has 1 atom stereocenters. The Bertz CT molecular complexity index is 1150. The number of aromatic amines is 1. The average Bonchev–Trinajstić information content (AvgIpc) is 3.31. The standard InChI is InChI=1S/C23H26F3N5O2/c1-13-12-31(6-5-30(13)2)20-9-18(24)15(14-3-4-27-10-14)7-19(20)29-23(33)17-11-28-21(32)8-16(17)22(25)26/h3,7-9,11,13,22,27H,4-6,10,12H2,1-2H3,(H,28,32)(H,29,33). The lowest BCUT2D eigenvalue weighted by Gasteiger charge is -2.39. The van der Waals surface area contributed by atoms with Crippen molar-refractivity contribution in [3.05, 3.63) is 63.3 Å². The molecule has 3 heterocycles. The lowest BCUT2D eigenvalue weighted by atomic mass is 10.0. The van der Waals surface area contributed by atoms with Crippen molar-refractivity contribution < 1.29 is 18.0 Å². The minimum Gasteiger partial charge on any atom is -0.367 e. The van der Waals surface area contributed by atoms with Crippen LogP contribution in [0.2, 0.25) is 0 Å². The van der Waals surface area contributed by atoms with Gasteiger partial charge in [-0.3, -0.25) is 9.59 Å². The molecule has 0 aliphatic carbocycles. The molecule has 1 fully saturated rings. The first-order valence-corrected chi connectivity index (χ1v) is 10.8. The number of pyridine rings is 1. The minimum atomic E-state index is -3.00. The average molecular weight is 461 g/mol. The summed E-state index contributed by atoms with van der Waals surface area (Å²) < 4.78 is 42.1. The highest BCUT2D eigenvalue weighted by molar-refractivity contribution is 6.07. The van der Waals surface area contributed by atoms with Gasteiger partial charge >= 0.3 is 0 Å². The van der Waals surface area contributed by atoms with Crippen molar-refractivity contribution in [2.75, 3.05) is 50.0 Å². The van der Waals surface area contributed by atoms with Gasteiger partial charge in [0.2, 0.25) is 5.56 Å². The molecule has 0 radical (unpaired) electrons. The van der Waals surface area contributed by atoms with E-state index in [-0.39, 0.29) is 11.6 Å². The molecular formula is C23H26F3N5O2. The quantitative estimate of drug-likeness (QED) is 0.638. The number of amides is 1. The fraction of sp³-hybridized carbons (Fsp3) is 0.391. The van der Waals surface area contributed by atoms with Crippen LogP contribution >= 0.6 is 0 Å². The van der Waals surface area contributed by atoms with Crippen LogP contribution in [0.3, 0.4) is 0 Å². The van der Waals surface area contributed by atoms with E-state index >= 15 is 4.39 Å². The smallest absolute Gasteiger partial charge is 0.264 e. The molecular weight excluding hydrogens is 435 g/mol. The third-order valence-electron chi connectivity index (χ3n) is 6.22. The number of carbonyl (C=O) groups is 1. The molecule has 1 unspecified atom stereocenters. The lowest BCUT2D eigenvalue weighted by molar-refractivity contribution is 0.101. The molecule has 0 saturated carbocycles. The van der Waals surface area contributed by atoms with Gasteiger partial charge in [-0.05, 0) is 31.7 Å². The van der Waals surface area contributed by atoms with E-state index in [1.807, 2.05) is 18.0 Å². The fourth-order valence-corrected chi connectivity index (χ4v) is 4.17. The monoisotopic (exact) mass is 461 g/mol. The van der Waals surface area contributed by atoms with E-state index in [2.05, 4.69) is 27.4 Å². The molecule has 2 aliphatic heterocycles. The zero-order chi connectivity index (χ0) is 23.7. The van der Waals surface area contributed by atoms with Crippen LogP contribution in [0.15, 0.2) is 35.3 Å². The van der Waals surface area contributed by atoms with Gasteiger partial charge in [-0.2, -0.15) is 0 Å². The molecule has 2 aromatic rings. The predicted molar refractivity (Wildman–Crippen MR) is 122 cm³/mol. The van der Waals surface area contributed by atoms with Crippen molar-refractivity contribution in [2.45, 2.75) is 19.4 Å². The van der Waals surface area contributed by atoms with Crippen molar-refractivity contribution in [2.24, 2.45) is 0 Å². The summed E-state index contributed by atoms with van der Waals surface area (Å²) >= 11 is 0. The Hall–Kier alpha value is -3.11. The molecule has 1 aromatic heterocycles. The van der Waals surface area contributed by atoms with E-state index in [0.717, 1.165) is 18.3 Å². The maximum atomic E-state index is 15.1. The molecule has 10 heteroatoms. The zero-order valence-electron chi connectivity index (χ0n) is 18.4. The van der Waals surface area contributed by atoms with Gasteiger partial charge < -0.3 is 25.4 Å². The van der Waals surface area contributed by atoms with Crippen molar-refractivity contribution in [3.8, 4) is 0 Å². The molecule has 176 valence electrons. The van der Waals surface area contributed by atoms with E-state index in [9.17, 15) is 18.4 Å². The highest BCUT2D eigenvalue weighted by Crippen LogP contribution is 2.34. The lowest BCUT2D eigenvalue weighted by Crippen LogP contribution is -2.50. The van der Waals surface area contributed by atoms with Crippen LogP contribution in [0, 0.1) is 5.82 Å². The maximum Gasteiger partial charge on any atom is 0.264 e. The number of H-pyrrole nitrogens is 1. The Morgan fingerprint density at radius 3 is 2.70 bits per heavy atom. The van der Waals surface area contributed by atoms with Crippen LogP contribution in [0.4, 0.5) is 24.5 Å². The van der Waals surface area contributed by atoms with Gasteiger partial charge in [0.05, 0.1) is 16.9 Å². The van der Waals surface area contributed by atoms with Crippen LogP contribution in [0.5, 0.6) is 0 Å². The first kappa shape index (κ1) is 23.1. The van der Waals surface area contributed by atoms with Crippen LogP contribution in [0.1, 0.15) is 34.8 Å². The van der Waals surface area contributed by atoms with E-state index in [1.54, 1.807) is 6.07 Å². The van der Waals surface area contributed by atoms with Gasteiger partial charge in [-0.15, -0.1) is 0 Å². The maximum absolute atomic E-state index is 15.1. The number of hydrogen-bond donors (Lipinski definition) is 3. The summed E-state index contributed by atoms with van der Waals surface area (Å²) in [6.45, 7) is 5.15. The summed E-state index contributed by atoms with van der Waals surface area (Å²) in [5, 5.41) is 5.81. The Morgan fingerprint density at radius 2 is 2.03 bits per heavy atom. The summed E-state index contributed by atoms with van der Waals surface area (Å²) in [6, 6.07) is 3.87. The fourth-order valence-electron chi connectivity index (χ4n) is 4.17. The number of alkyl halides is 2. The van der Waals surface area contributed by atoms with Crippen LogP contribution < -0.4 is 21.1 Å². The number of nitrogens with zero attached hydrogens (tertiary/aromatic N) is 2. The van der Waals surface area contributed by atoms with E-state index < -0.39 is 29.3 Å². The summed E-state index contributed by atoms with van der Waals surface area (Å²) in [4.78, 5) is 30.9. The third-order valence-corrected chi connectivity index (χ3v) is 6.22. The van der Waals surface area contributed by atoms with Gasteiger partial charge in [0, 0.05) is 62.2 Å². The largest absolute Gasteiger partial charge is 0.367 e. The Labute approximate surface area is 189 Å². The third kappa shape index (κ3) is 4.81. The predicted octanol–water partition coefficient (Wildman–Crippen LogP) is 2.83. The number of nitrogens with one attached hydrogen (secondary N) is 3. The number of anilines is 2. The summed E-state index contributed by atoms with van der Waals surface area (Å²) in [5.41, 5.74) is 0.201. The number of rotatable bonds is 5. The molecule has 1 amide bonds. The topological polar surface area (TPSA) is 80.5 Å². The molecule has 1 aromatic carbocycles. The summed E-state index contributed by atoms with van der Waals surface area (Å²) in [7, 11) is 2.01. The van der Waals surface area contributed by atoms with Gasteiger partial charge in [-0.1, -0.05) is 6.08 Å². The van der Waals surface area contributed by atoms with Crippen molar-refractivity contribution in [1.82, 2.24) is 15.2 Å². The number of aromatic nitrogens is 1. The Balaban J connectivity index is 1.74. The van der Waals surface area contributed by atoms with Crippen LogP contribution in [-0.4, -0.2) is 61.6 Å². The summed E-state index contributed by atoms with van der Waals surface area (Å²) in [6.07, 6.45) is -0.146. The molecule has 3 N–H and O–H groups in total. The Morgan fingerprint density at radius 1 is 1.24 bits per heavy atom. The summed E-state index contributed by atoms with van der Waals surface area (Å²) in [5.74, 6) is -1.22. The number of likely N-dealkylation sites (N-methyl/N-ethyl adjacent to an activating group) is 1. The number of halogens is 3. The molecule has 1 saturated heterocycles. The second-order valence-corrected chi connectivity index (χ2v) is 8.41. The van der Waals surface area contributed by atoms with Crippen LogP contribution in [-0.2, 0) is 0 Å². The minimum absolute atomic E-state index is 0.205. The van der Waals surface area contributed by atoms with Crippen molar-refractivity contribution >= 4 is 22.9 Å².